The lowest BCUT2D eigenvalue weighted by Gasteiger charge is -2.25. The van der Waals surface area contributed by atoms with Gasteiger partial charge in [-0.25, -0.2) is 4.39 Å². The van der Waals surface area contributed by atoms with Gasteiger partial charge in [0.15, 0.2) is 0 Å². The summed E-state index contributed by atoms with van der Waals surface area (Å²) in [6.45, 7) is 2.46. The van der Waals surface area contributed by atoms with Gasteiger partial charge in [-0.1, -0.05) is 0 Å². The highest BCUT2D eigenvalue weighted by Crippen LogP contribution is 2.28. The number of benzene rings is 1. The molecule has 0 aromatic heterocycles. The molecule has 0 radical (unpaired) electrons. The van der Waals surface area contributed by atoms with E-state index >= 15 is 0 Å². The van der Waals surface area contributed by atoms with E-state index in [9.17, 15) is 9.18 Å². The van der Waals surface area contributed by atoms with Gasteiger partial charge in [0.1, 0.15) is 5.82 Å². The summed E-state index contributed by atoms with van der Waals surface area (Å²) in [5, 5.41) is 2.72. The third-order valence-corrected chi connectivity index (χ3v) is 3.14. The van der Waals surface area contributed by atoms with Crippen LogP contribution in [0.2, 0.25) is 0 Å². The fourth-order valence-electron chi connectivity index (χ4n) is 1.73. The van der Waals surface area contributed by atoms with Crippen LogP contribution in [0.4, 0.5) is 10.1 Å². The SMILES string of the molecule is CC1(C(=O)Nc2ccc(F)cc2)COCC1N. The molecule has 1 aromatic rings. The van der Waals surface area contributed by atoms with E-state index in [4.69, 9.17) is 10.5 Å². The normalized spacial score (nSPS) is 28.1. The quantitative estimate of drug-likeness (QED) is 0.811. The van der Waals surface area contributed by atoms with Gasteiger partial charge in [0, 0.05) is 11.7 Å². The van der Waals surface area contributed by atoms with Crippen molar-refractivity contribution < 1.29 is 13.9 Å². The maximum absolute atomic E-state index is 12.7. The molecule has 1 aliphatic rings. The number of anilines is 1. The van der Waals surface area contributed by atoms with Crippen molar-refractivity contribution in [2.45, 2.75) is 13.0 Å². The van der Waals surface area contributed by atoms with Crippen LogP contribution in [0.1, 0.15) is 6.92 Å². The molecule has 1 saturated heterocycles. The minimum Gasteiger partial charge on any atom is -0.379 e. The lowest BCUT2D eigenvalue weighted by atomic mass is 9.85. The molecule has 1 heterocycles. The number of carbonyl (C=O) groups is 1. The van der Waals surface area contributed by atoms with Crippen molar-refractivity contribution in [1.82, 2.24) is 0 Å². The Balaban J connectivity index is 2.09. The summed E-state index contributed by atoms with van der Waals surface area (Å²) in [6.07, 6.45) is 0. The monoisotopic (exact) mass is 238 g/mol. The number of rotatable bonds is 2. The smallest absolute Gasteiger partial charge is 0.234 e. The van der Waals surface area contributed by atoms with Crippen LogP contribution < -0.4 is 11.1 Å². The van der Waals surface area contributed by atoms with E-state index in [1.54, 1.807) is 6.92 Å². The molecule has 4 nitrogen and oxygen atoms in total. The van der Waals surface area contributed by atoms with Crippen LogP contribution in [0.5, 0.6) is 0 Å². The van der Waals surface area contributed by atoms with Crippen molar-refractivity contribution in [2.24, 2.45) is 11.1 Å². The second-order valence-electron chi connectivity index (χ2n) is 4.50. The van der Waals surface area contributed by atoms with Gasteiger partial charge in [-0.05, 0) is 31.2 Å². The number of amides is 1. The number of hydrogen-bond donors (Lipinski definition) is 2. The van der Waals surface area contributed by atoms with Crippen LogP contribution in [-0.2, 0) is 9.53 Å². The molecule has 2 unspecified atom stereocenters. The predicted molar refractivity (Wildman–Crippen MR) is 61.9 cm³/mol. The van der Waals surface area contributed by atoms with Gasteiger partial charge < -0.3 is 15.8 Å². The molecule has 3 N–H and O–H groups in total. The Hall–Kier alpha value is -1.46. The molecular formula is C12H15FN2O2. The Labute approximate surface area is 98.9 Å². The van der Waals surface area contributed by atoms with Crippen molar-refractivity contribution in [1.29, 1.82) is 0 Å². The Morgan fingerprint density at radius 2 is 2.18 bits per heavy atom. The van der Waals surface area contributed by atoms with Crippen LogP contribution in [0, 0.1) is 11.2 Å². The number of hydrogen-bond acceptors (Lipinski definition) is 3. The van der Waals surface area contributed by atoms with Gasteiger partial charge in [-0.2, -0.15) is 0 Å². The summed E-state index contributed by atoms with van der Waals surface area (Å²) in [4.78, 5) is 12.1. The van der Waals surface area contributed by atoms with Crippen LogP contribution in [-0.4, -0.2) is 25.2 Å². The van der Waals surface area contributed by atoms with Crippen molar-refractivity contribution in [3.8, 4) is 0 Å². The van der Waals surface area contributed by atoms with Crippen molar-refractivity contribution in [3.63, 3.8) is 0 Å². The fraction of sp³-hybridized carbons (Fsp3) is 0.417. The van der Waals surface area contributed by atoms with E-state index in [-0.39, 0.29) is 17.8 Å². The van der Waals surface area contributed by atoms with E-state index in [0.29, 0.717) is 18.9 Å². The van der Waals surface area contributed by atoms with Crippen molar-refractivity contribution in [3.05, 3.63) is 30.1 Å². The highest BCUT2D eigenvalue weighted by Gasteiger charge is 2.44. The molecular weight excluding hydrogens is 223 g/mol. The zero-order chi connectivity index (χ0) is 12.5. The first-order valence-corrected chi connectivity index (χ1v) is 5.43. The van der Waals surface area contributed by atoms with E-state index in [0.717, 1.165) is 0 Å². The van der Waals surface area contributed by atoms with E-state index in [1.807, 2.05) is 0 Å². The van der Waals surface area contributed by atoms with Gasteiger partial charge in [-0.15, -0.1) is 0 Å². The molecule has 5 heteroatoms. The van der Waals surface area contributed by atoms with E-state index < -0.39 is 5.41 Å². The maximum atomic E-state index is 12.7. The van der Waals surface area contributed by atoms with Gasteiger partial charge in [0.25, 0.3) is 0 Å². The zero-order valence-corrected chi connectivity index (χ0v) is 9.57. The van der Waals surface area contributed by atoms with Crippen LogP contribution in [0.3, 0.4) is 0 Å². The largest absolute Gasteiger partial charge is 0.379 e. The van der Waals surface area contributed by atoms with E-state index in [2.05, 4.69) is 5.32 Å². The maximum Gasteiger partial charge on any atom is 0.234 e. The molecule has 2 atom stereocenters. The van der Waals surface area contributed by atoms with Gasteiger partial charge in [0.05, 0.1) is 18.6 Å². The first-order chi connectivity index (χ1) is 8.02. The number of nitrogens with two attached hydrogens (primary N) is 1. The molecule has 1 amide bonds. The molecule has 2 rings (SSSR count). The Morgan fingerprint density at radius 1 is 1.53 bits per heavy atom. The average Bonchev–Trinajstić information content (AvgIpc) is 2.64. The Morgan fingerprint density at radius 3 is 2.71 bits per heavy atom. The second-order valence-corrected chi connectivity index (χ2v) is 4.50. The molecule has 0 saturated carbocycles. The lowest BCUT2D eigenvalue weighted by Crippen LogP contribution is -2.47. The topological polar surface area (TPSA) is 64.3 Å². The van der Waals surface area contributed by atoms with Crippen LogP contribution in [0.25, 0.3) is 0 Å². The second kappa shape index (κ2) is 4.43. The molecule has 1 fully saturated rings. The van der Waals surface area contributed by atoms with Gasteiger partial charge in [0.2, 0.25) is 5.91 Å². The highest BCUT2D eigenvalue weighted by atomic mass is 19.1. The Bertz CT molecular complexity index is 421. The standard InChI is InChI=1S/C12H15FN2O2/c1-12(7-17-6-10(12)14)11(16)15-9-4-2-8(13)3-5-9/h2-5,10H,6-7,14H2,1H3,(H,15,16). The average molecular weight is 238 g/mol. The fourth-order valence-corrected chi connectivity index (χ4v) is 1.73. The summed E-state index contributed by atoms with van der Waals surface area (Å²) in [6, 6.07) is 5.30. The van der Waals surface area contributed by atoms with Crippen LogP contribution in [0.15, 0.2) is 24.3 Å². The molecule has 1 aromatic carbocycles. The van der Waals surface area contributed by atoms with Gasteiger partial charge in [-0.3, -0.25) is 4.79 Å². The first-order valence-electron chi connectivity index (χ1n) is 5.43. The number of nitrogens with one attached hydrogen (secondary N) is 1. The summed E-state index contributed by atoms with van der Waals surface area (Å²) in [5.41, 5.74) is 5.67. The molecule has 1 aliphatic heterocycles. The lowest BCUT2D eigenvalue weighted by molar-refractivity contribution is -0.125. The summed E-state index contributed by atoms with van der Waals surface area (Å²) >= 11 is 0. The number of carbonyl (C=O) groups excluding carboxylic acids is 1. The molecule has 0 spiro atoms. The molecule has 17 heavy (non-hydrogen) atoms. The van der Waals surface area contributed by atoms with Gasteiger partial charge >= 0.3 is 0 Å². The van der Waals surface area contributed by atoms with Crippen molar-refractivity contribution in [2.75, 3.05) is 18.5 Å². The predicted octanol–water partition coefficient (Wildman–Crippen LogP) is 1.13. The summed E-state index contributed by atoms with van der Waals surface area (Å²) in [7, 11) is 0. The van der Waals surface area contributed by atoms with Crippen LogP contribution >= 0.6 is 0 Å². The number of ether oxygens (including phenoxy) is 1. The van der Waals surface area contributed by atoms with Crippen molar-refractivity contribution >= 4 is 11.6 Å². The third kappa shape index (κ3) is 2.30. The first kappa shape index (κ1) is 12.0. The highest BCUT2D eigenvalue weighted by molar-refractivity contribution is 5.95. The summed E-state index contributed by atoms with van der Waals surface area (Å²) in [5.74, 6) is -0.538. The van der Waals surface area contributed by atoms with E-state index in [1.165, 1.54) is 24.3 Å². The number of halogens is 1. The minimum atomic E-state index is -0.728. The molecule has 92 valence electrons. The minimum absolute atomic E-state index is 0.200. The molecule has 0 bridgehead atoms. The third-order valence-electron chi connectivity index (χ3n) is 3.14. The Kier molecular flexibility index (Phi) is 3.13. The zero-order valence-electron chi connectivity index (χ0n) is 9.57. The molecule has 0 aliphatic carbocycles. The summed E-state index contributed by atoms with van der Waals surface area (Å²) < 4.78 is 17.9.